The summed E-state index contributed by atoms with van der Waals surface area (Å²) in [7, 11) is 0. The first-order valence-electron chi connectivity index (χ1n) is 3.83. The van der Waals surface area contributed by atoms with E-state index in [-0.39, 0.29) is 15.6 Å². The SMILES string of the molecule is O=Cc1cc(I)nc(OC(F)(F)F)c1CF. The molecule has 0 radical (unpaired) electrons. The van der Waals surface area contributed by atoms with E-state index in [4.69, 9.17) is 0 Å². The summed E-state index contributed by atoms with van der Waals surface area (Å²) in [6.07, 6.45) is -4.72. The number of aldehydes is 1. The Balaban J connectivity index is 3.25. The van der Waals surface area contributed by atoms with Gasteiger partial charge in [-0.1, -0.05) is 0 Å². The number of halogens is 5. The highest BCUT2D eigenvalue weighted by Crippen LogP contribution is 2.28. The van der Waals surface area contributed by atoms with Crippen molar-refractivity contribution in [3.05, 3.63) is 20.9 Å². The van der Waals surface area contributed by atoms with Gasteiger partial charge >= 0.3 is 6.36 Å². The van der Waals surface area contributed by atoms with Crippen LogP contribution < -0.4 is 4.74 Å². The monoisotopic (exact) mass is 349 g/mol. The maximum Gasteiger partial charge on any atom is 0.574 e. The van der Waals surface area contributed by atoms with Gasteiger partial charge < -0.3 is 4.74 Å². The Bertz CT molecular complexity index is 408. The number of hydrogen-bond acceptors (Lipinski definition) is 3. The first kappa shape index (κ1) is 13.1. The quantitative estimate of drug-likeness (QED) is 0.365. The second kappa shape index (κ2) is 4.93. The van der Waals surface area contributed by atoms with Crippen molar-refractivity contribution in [1.82, 2.24) is 4.98 Å². The molecular weight excluding hydrogens is 345 g/mol. The number of hydrogen-bond donors (Lipinski definition) is 0. The average Bonchev–Trinajstić information content (AvgIpc) is 2.14. The molecule has 3 nitrogen and oxygen atoms in total. The van der Waals surface area contributed by atoms with Crippen molar-refractivity contribution in [2.24, 2.45) is 0 Å². The van der Waals surface area contributed by atoms with Gasteiger partial charge in [-0.25, -0.2) is 9.37 Å². The van der Waals surface area contributed by atoms with Crippen molar-refractivity contribution >= 4 is 28.9 Å². The first-order valence-corrected chi connectivity index (χ1v) is 4.91. The minimum atomic E-state index is -4.97. The standard InChI is InChI=1S/C8H4F4INO2/c9-2-5-4(3-15)1-6(13)14-7(5)16-8(10,11)12/h1,3H,2H2. The van der Waals surface area contributed by atoms with Crippen molar-refractivity contribution in [3.63, 3.8) is 0 Å². The molecule has 0 unspecified atom stereocenters. The molecule has 0 bridgehead atoms. The zero-order valence-electron chi connectivity index (χ0n) is 7.52. The predicted octanol–water partition coefficient (Wildman–Crippen LogP) is 2.87. The number of ether oxygens (including phenoxy) is 1. The van der Waals surface area contributed by atoms with Gasteiger partial charge in [-0.3, -0.25) is 4.79 Å². The lowest BCUT2D eigenvalue weighted by molar-refractivity contribution is -0.276. The minimum absolute atomic E-state index is 0.108. The number of carbonyl (C=O) groups is 1. The molecule has 0 fully saturated rings. The summed E-state index contributed by atoms with van der Waals surface area (Å²) < 4.78 is 52.0. The molecule has 88 valence electrons. The van der Waals surface area contributed by atoms with E-state index in [1.165, 1.54) is 6.07 Å². The molecule has 0 aliphatic rings. The summed E-state index contributed by atoms with van der Waals surface area (Å²) in [4.78, 5) is 13.9. The fraction of sp³-hybridized carbons (Fsp3) is 0.250. The summed E-state index contributed by atoms with van der Waals surface area (Å²) in [5.74, 6) is -0.927. The van der Waals surface area contributed by atoms with Crippen LogP contribution in [0.15, 0.2) is 6.07 Å². The molecule has 1 aromatic rings. The Hall–Kier alpha value is -0.930. The van der Waals surface area contributed by atoms with Crippen LogP contribution in [0, 0.1) is 3.70 Å². The van der Waals surface area contributed by atoms with Crippen LogP contribution in [0.2, 0.25) is 0 Å². The second-order valence-corrected chi connectivity index (χ2v) is 3.72. The largest absolute Gasteiger partial charge is 0.574 e. The molecule has 0 N–H and O–H groups in total. The van der Waals surface area contributed by atoms with Crippen LogP contribution in [-0.4, -0.2) is 17.6 Å². The predicted molar refractivity (Wildman–Crippen MR) is 53.8 cm³/mol. The van der Waals surface area contributed by atoms with Crippen molar-refractivity contribution in [3.8, 4) is 5.88 Å². The maximum atomic E-state index is 12.5. The van der Waals surface area contributed by atoms with E-state index in [1.54, 1.807) is 22.6 Å². The fourth-order valence-corrected chi connectivity index (χ4v) is 1.52. The van der Waals surface area contributed by atoms with Crippen LogP contribution >= 0.6 is 22.6 Å². The topological polar surface area (TPSA) is 39.2 Å². The maximum absolute atomic E-state index is 12.5. The van der Waals surface area contributed by atoms with E-state index in [0.29, 0.717) is 0 Å². The van der Waals surface area contributed by atoms with Gasteiger partial charge in [0.2, 0.25) is 5.88 Å². The Morgan fingerprint density at radius 2 is 2.12 bits per heavy atom. The molecule has 0 saturated carbocycles. The van der Waals surface area contributed by atoms with E-state index >= 15 is 0 Å². The zero-order valence-corrected chi connectivity index (χ0v) is 9.67. The summed E-state index contributed by atoms with van der Waals surface area (Å²) in [5, 5.41) is 0. The highest BCUT2D eigenvalue weighted by Gasteiger charge is 2.33. The summed E-state index contributed by atoms with van der Waals surface area (Å²) >= 11 is 1.60. The van der Waals surface area contributed by atoms with Crippen molar-refractivity contribution < 1.29 is 27.1 Å². The van der Waals surface area contributed by atoms with Gasteiger partial charge in [-0.05, 0) is 28.7 Å². The number of aromatic nitrogens is 1. The molecule has 0 atom stereocenters. The Labute approximate surface area is 101 Å². The van der Waals surface area contributed by atoms with Gasteiger partial charge in [-0.15, -0.1) is 13.2 Å². The van der Waals surface area contributed by atoms with E-state index in [0.717, 1.165) is 0 Å². The van der Waals surface area contributed by atoms with E-state index in [1.807, 2.05) is 0 Å². The smallest absolute Gasteiger partial charge is 0.387 e. The van der Waals surface area contributed by atoms with Crippen LogP contribution in [0.3, 0.4) is 0 Å². The van der Waals surface area contributed by atoms with Gasteiger partial charge in [0.15, 0.2) is 6.29 Å². The van der Waals surface area contributed by atoms with Crippen molar-refractivity contribution in [2.45, 2.75) is 13.0 Å². The van der Waals surface area contributed by atoms with Gasteiger partial charge in [0.05, 0.1) is 5.56 Å². The Kier molecular flexibility index (Phi) is 4.05. The van der Waals surface area contributed by atoms with E-state index < -0.39 is 24.5 Å². The van der Waals surface area contributed by atoms with Crippen LogP contribution in [0.25, 0.3) is 0 Å². The van der Waals surface area contributed by atoms with Crippen molar-refractivity contribution in [1.29, 1.82) is 0 Å². The van der Waals surface area contributed by atoms with E-state index in [2.05, 4.69) is 9.72 Å². The molecule has 1 rings (SSSR count). The van der Waals surface area contributed by atoms with Crippen LogP contribution in [0.4, 0.5) is 17.6 Å². The lowest BCUT2D eigenvalue weighted by Gasteiger charge is -2.12. The summed E-state index contributed by atoms with van der Waals surface area (Å²) in [6.45, 7) is -1.26. The summed E-state index contributed by atoms with van der Waals surface area (Å²) in [5.41, 5.74) is -0.714. The normalized spacial score (nSPS) is 11.3. The first-order chi connectivity index (χ1) is 7.37. The van der Waals surface area contributed by atoms with Crippen molar-refractivity contribution in [2.75, 3.05) is 0 Å². The number of carbonyl (C=O) groups excluding carboxylic acids is 1. The minimum Gasteiger partial charge on any atom is -0.387 e. The molecular formula is C8H4F4INO2. The molecule has 0 saturated heterocycles. The molecule has 0 aromatic carbocycles. The van der Waals surface area contributed by atoms with Crippen LogP contribution in [-0.2, 0) is 6.67 Å². The lowest BCUT2D eigenvalue weighted by Crippen LogP contribution is -2.19. The number of nitrogens with zero attached hydrogens (tertiary/aromatic N) is 1. The molecule has 0 amide bonds. The molecule has 0 aliphatic carbocycles. The fourth-order valence-electron chi connectivity index (χ4n) is 0.969. The molecule has 16 heavy (non-hydrogen) atoms. The van der Waals surface area contributed by atoms with Gasteiger partial charge in [0.1, 0.15) is 10.4 Å². The third-order valence-corrected chi connectivity index (χ3v) is 2.12. The average molecular weight is 349 g/mol. The molecule has 8 heteroatoms. The highest BCUT2D eigenvalue weighted by molar-refractivity contribution is 14.1. The second-order valence-electron chi connectivity index (χ2n) is 2.62. The zero-order chi connectivity index (χ0) is 12.3. The van der Waals surface area contributed by atoms with Gasteiger partial charge in [0.25, 0.3) is 0 Å². The lowest BCUT2D eigenvalue weighted by atomic mass is 10.1. The summed E-state index contributed by atoms with van der Waals surface area (Å²) in [6, 6.07) is 1.17. The van der Waals surface area contributed by atoms with Crippen LogP contribution in [0.5, 0.6) is 5.88 Å². The third kappa shape index (κ3) is 3.29. The number of pyridine rings is 1. The Morgan fingerprint density at radius 3 is 2.56 bits per heavy atom. The third-order valence-electron chi connectivity index (χ3n) is 1.56. The highest BCUT2D eigenvalue weighted by atomic mass is 127. The van der Waals surface area contributed by atoms with Gasteiger partial charge in [-0.2, -0.15) is 0 Å². The molecule has 1 aromatic heterocycles. The molecule has 0 aliphatic heterocycles. The van der Waals surface area contributed by atoms with E-state index in [9.17, 15) is 22.4 Å². The molecule has 0 spiro atoms. The van der Waals surface area contributed by atoms with Crippen LogP contribution in [0.1, 0.15) is 15.9 Å². The molecule has 1 heterocycles. The Morgan fingerprint density at radius 1 is 1.50 bits per heavy atom. The number of alkyl halides is 4. The number of rotatable bonds is 3. The van der Waals surface area contributed by atoms with Gasteiger partial charge in [0, 0.05) is 5.56 Å².